The molecule has 1 amide bonds. The Morgan fingerprint density at radius 3 is 2.56 bits per heavy atom. The molecule has 0 spiro atoms. The summed E-state index contributed by atoms with van der Waals surface area (Å²) in [4.78, 5) is 23.7. The van der Waals surface area contributed by atoms with E-state index in [1.165, 1.54) is 15.9 Å². The lowest BCUT2D eigenvalue weighted by Gasteiger charge is -2.28. The number of carbonyl (C=O) groups is 1. The van der Waals surface area contributed by atoms with Crippen molar-refractivity contribution < 1.29 is 19.0 Å². The smallest absolute Gasteiger partial charge is 0.255 e. The summed E-state index contributed by atoms with van der Waals surface area (Å²) in [6, 6.07) is 12.7. The minimum Gasteiger partial charge on any atom is -0.496 e. The van der Waals surface area contributed by atoms with Crippen molar-refractivity contribution in [1.29, 1.82) is 0 Å². The number of hydrogen-bond acceptors (Lipinski definition) is 5. The quantitative estimate of drug-likeness (QED) is 0.334. The molecule has 4 aromatic rings. The molecule has 0 aliphatic carbocycles. The summed E-state index contributed by atoms with van der Waals surface area (Å²) in [6.45, 7) is 3.94. The fourth-order valence-corrected chi connectivity index (χ4v) is 4.40. The monoisotopic (exact) mass is 490 g/mol. The summed E-state index contributed by atoms with van der Waals surface area (Å²) >= 11 is 0. The number of aromatic amines is 1. The first kappa shape index (κ1) is 25.2. The normalized spacial score (nSPS) is 11.2. The molecule has 0 radical (unpaired) electrons. The topological polar surface area (TPSA) is 81.7 Å². The first-order valence-corrected chi connectivity index (χ1v) is 11.8. The molecule has 2 heterocycles. The summed E-state index contributed by atoms with van der Waals surface area (Å²) in [7, 11) is 4.87. The second kappa shape index (κ2) is 10.4. The highest BCUT2D eigenvalue weighted by molar-refractivity contribution is 6.02. The highest BCUT2D eigenvalue weighted by Crippen LogP contribution is 2.37. The van der Waals surface area contributed by atoms with E-state index < -0.39 is 12.5 Å². The number of ether oxygens (including phenoxy) is 1. The molecule has 0 saturated heterocycles. The van der Waals surface area contributed by atoms with Crippen molar-refractivity contribution in [2.45, 2.75) is 13.8 Å². The minimum absolute atomic E-state index is 0.0963. The zero-order valence-corrected chi connectivity index (χ0v) is 21.2. The van der Waals surface area contributed by atoms with Crippen molar-refractivity contribution in [3.8, 4) is 28.0 Å². The molecule has 8 heteroatoms. The number of H-pyrrole nitrogens is 1. The number of hydrogen-bond donors (Lipinski definition) is 2. The predicted octanol–water partition coefficient (Wildman–Crippen LogP) is 5.16. The number of aliphatic hydroxyl groups excluding tert-OH is 1. The Morgan fingerprint density at radius 1 is 1.14 bits per heavy atom. The van der Waals surface area contributed by atoms with Crippen molar-refractivity contribution in [1.82, 2.24) is 14.9 Å². The number of halogens is 1. The van der Waals surface area contributed by atoms with Gasteiger partial charge in [-0.15, -0.1) is 0 Å². The van der Waals surface area contributed by atoms with Gasteiger partial charge in [-0.25, -0.2) is 9.37 Å². The van der Waals surface area contributed by atoms with Crippen LogP contribution in [0.3, 0.4) is 0 Å². The maximum Gasteiger partial charge on any atom is 0.255 e. The lowest BCUT2D eigenvalue weighted by molar-refractivity contribution is 0.0827. The molecule has 2 aromatic carbocycles. The van der Waals surface area contributed by atoms with Crippen LogP contribution in [0.4, 0.5) is 10.1 Å². The maximum atomic E-state index is 15.6. The van der Waals surface area contributed by atoms with E-state index in [2.05, 4.69) is 9.97 Å². The van der Waals surface area contributed by atoms with E-state index >= 15 is 4.39 Å². The number of nitrogens with zero attached hydrogens (tertiary/aromatic N) is 3. The molecule has 2 N–H and O–H groups in total. The Labute approximate surface area is 210 Å². The van der Waals surface area contributed by atoms with Gasteiger partial charge in [0.1, 0.15) is 23.9 Å². The Hall–Kier alpha value is -3.91. The number of rotatable bonds is 8. The van der Waals surface area contributed by atoms with Gasteiger partial charge in [0, 0.05) is 55.1 Å². The van der Waals surface area contributed by atoms with Crippen LogP contribution in [0.25, 0.3) is 33.3 Å². The molecule has 0 aliphatic rings. The van der Waals surface area contributed by atoms with Crippen molar-refractivity contribution in [3.05, 3.63) is 66.2 Å². The average Bonchev–Trinajstić information content (AvgIpc) is 3.29. The first-order chi connectivity index (χ1) is 17.2. The SMILES string of the molecule is COc1ccccc1-c1c[nH]c2ncc(-c3cc(F)c(N(CO)CC(C)C)c(C(=O)N(C)C)c3)cc12. The second-order valence-electron chi connectivity index (χ2n) is 9.33. The Kier molecular flexibility index (Phi) is 7.26. The van der Waals surface area contributed by atoms with Gasteiger partial charge in [-0.3, -0.25) is 4.79 Å². The number of amides is 1. The number of nitrogens with one attached hydrogen (secondary N) is 1. The van der Waals surface area contributed by atoms with Crippen LogP contribution in [0.5, 0.6) is 5.75 Å². The first-order valence-electron chi connectivity index (χ1n) is 11.8. The van der Waals surface area contributed by atoms with E-state index in [0.29, 0.717) is 23.3 Å². The van der Waals surface area contributed by atoms with E-state index in [4.69, 9.17) is 4.74 Å². The van der Waals surface area contributed by atoms with E-state index in [-0.39, 0.29) is 23.1 Å². The summed E-state index contributed by atoms with van der Waals surface area (Å²) in [6.07, 6.45) is 3.52. The summed E-state index contributed by atoms with van der Waals surface area (Å²) in [5.74, 6) is -0.0377. The standard InChI is InChI=1S/C28H31FN4O3/c1-17(2)15-33(16-34)26-22(28(35)32(3)4)10-18(12-24(26)29)19-11-21-23(14-31-27(21)30-13-19)20-8-6-7-9-25(20)36-5/h6-14,17,34H,15-16H2,1-5H3,(H,30,31). The van der Waals surface area contributed by atoms with Crippen molar-refractivity contribution in [3.63, 3.8) is 0 Å². The van der Waals surface area contributed by atoms with Gasteiger partial charge in [0.15, 0.2) is 0 Å². The van der Waals surface area contributed by atoms with Crippen LogP contribution < -0.4 is 9.64 Å². The number of carbonyl (C=O) groups excluding carboxylic acids is 1. The van der Waals surface area contributed by atoms with Crippen molar-refractivity contribution in [2.24, 2.45) is 5.92 Å². The number of pyridine rings is 1. The fraction of sp³-hybridized carbons (Fsp3) is 0.286. The molecule has 7 nitrogen and oxygen atoms in total. The van der Waals surface area contributed by atoms with Gasteiger partial charge in [-0.2, -0.15) is 0 Å². The predicted molar refractivity (Wildman–Crippen MR) is 141 cm³/mol. The average molecular weight is 491 g/mol. The molecule has 36 heavy (non-hydrogen) atoms. The minimum atomic E-state index is -0.577. The van der Waals surface area contributed by atoms with Gasteiger partial charge in [-0.05, 0) is 35.7 Å². The van der Waals surface area contributed by atoms with Crippen LogP contribution in [0.1, 0.15) is 24.2 Å². The zero-order chi connectivity index (χ0) is 26.0. The molecule has 0 atom stereocenters. The van der Waals surface area contributed by atoms with Crippen molar-refractivity contribution in [2.75, 3.05) is 39.4 Å². The third-order valence-corrected chi connectivity index (χ3v) is 6.03. The number of benzene rings is 2. The lowest BCUT2D eigenvalue weighted by Crippen LogP contribution is -2.33. The Bertz CT molecular complexity index is 1400. The second-order valence-corrected chi connectivity index (χ2v) is 9.33. The maximum absolute atomic E-state index is 15.6. The third-order valence-electron chi connectivity index (χ3n) is 6.03. The van der Waals surface area contributed by atoms with Crippen LogP contribution in [-0.2, 0) is 0 Å². The number of anilines is 1. The molecule has 0 saturated carbocycles. The van der Waals surface area contributed by atoms with Crippen LogP contribution >= 0.6 is 0 Å². The number of para-hydroxylation sites is 1. The van der Waals surface area contributed by atoms with Gasteiger partial charge in [0.25, 0.3) is 5.91 Å². The van der Waals surface area contributed by atoms with E-state index in [0.717, 1.165) is 22.3 Å². The molecule has 188 valence electrons. The molecule has 0 unspecified atom stereocenters. The molecule has 0 fully saturated rings. The van der Waals surface area contributed by atoms with E-state index in [1.807, 2.05) is 50.4 Å². The fourth-order valence-electron chi connectivity index (χ4n) is 4.40. The summed E-state index contributed by atoms with van der Waals surface area (Å²) < 4.78 is 21.2. The lowest BCUT2D eigenvalue weighted by atomic mass is 9.98. The molecular formula is C28H31FN4O3. The molecular weight excluding hydrogens is 459 g/mol. The third kappa shape index (κ3) is 4.77. The summed E-state index contributed by atoms with van der Waals surface area (Å²) in [5.41, 5.74) is 3.96. The van der Waals surface area contributed by atoms with Crippen LogP contribution in [0.15, 0.2) is 54.9 Å². The van der Waals surface area contributed by atoms with Gasteiger partial charge >= 0.3 is 0 Å². The van der Waals surface area contributed by atoms with E-state index in [9.17, 15) is 9.90 Å². The zero-order valence-electron chi connectivity index (χ0n) is 21.2. The number of methoxy groups -OCH3 is 1. The number of aliphatic hydroxyl groups is 1. The van der Waals surface area contributed by atoms with Crippen LogP contribution in [0.2, 0.25) is 0 Å². The Morgan fingerprint density at radius 2 is 1.89 bits per heavy atom. The number of aromatic nitrogens is 2. The van der Waals surface area contributed by atoms with Crippen LogP contribution in [0, 0.1) is 11.7 Å². The molecule has 2 aromatic heterocycles. The van der Waals surface area contributed by atoms with Crippen LogP contribution in [-0.4, -0.2) is 60.4 Å². The van der Waals surface area contributed by atoms with E-state index in [1.54, 1.807) is 33.5 Å². The molecule has 4 rings (SSSR count). The van der Waals surface area contributed by atoms with Gasteiger partial charge in [0.05, 0.1) is 18.4 Å². The van der Waals surface area contributed by atoms with Gasteiger partial charge in [0.2, 0.25) is 0 Å². The molecule has 0 aliphatic heterocycles. The summed E-state index contributed by atoms with van der Waals surface area (Å²) in [5, 5.41) is 10.8. The Balaban J connectivity index is 1.88. The highest BCUT2D eigenvalue weighted by atomic mass is 19.1. The highest BCUT2D eigenvalue weighted by Gasteiger charge is 2.24. The van der Waals surface area contributed by atoms with Crippen molar-refractivity contribution >= 4 is 22.6 Å². The van der Waals surface area contributed by atoms with Gasteiger partial charge < -0.3 is 24.6 Å². The number of fused-ring (bicyclic) bond motifs is 1. The largest absolute Gasteiger partial charge is 0.496 e. The molecule has 0 bridgehead atoms. The van der Waals surface area contributed by atoms with Gasteiger partial charge in [-0.1, -0.05) is 32.0 Å².